The lowest BCUT2D eigenvalue weighted by Crippen LogP contribution is -2.39. The van der Waals surface area contributed by atoms with E-state index in [4.69, 9.17) is 5.26 Å². The quantitative estimate of drug-likeness (QED) is 0.387. The van der Waals surface area contributed by atoms with E-state index in [1.54, 1.807) is 6.07 Å². The van der Waals surface area contributed by atoms with Gasteiger partial charge >= 0.3 is 0 Å². The summed E-state index contributed by atoms with van der Waals surface area (Å²) in [7, 11) is 0. The van der Waals surface area contributed by atoms with Crippen LogP contribution in [0.1, 0.15) is 82.4 Å². The highest BCUT2D eigenvalue weighted by molar-refractivity contribution is 5.26. The number of benzene rings is 2. The van der Waals surface area contributed by atoms with Gasteiger partial charge < -0.3 is 0 Å². The van der Waals surface area contributed by atoms with Crippen molar-refractivity contribution in [2.24, 2.45) is 0 Å². The van der Waals surface area contributed by atoms with Gasteiger partial charge in [-0.15, -0.1) is 0 Å². The molecule has 1 saturated carbocycles. The third-order valence-corrected chi connectivity index (χ3v) is 6.72. The second-order valence-corrected chi connectivity index (χ2v) is 9.36. The van der Waals surface area contributed by atoms with Crippen molar-refractivity contribution in [3.8, 4) is 6.07 Å². The molecule has 1 aliphatic rings. The molecule has 0 saturated heterocycles. The van der Waals surface area contributed by atoms with Crippen LogP contribution in [0, 0.1) is 11.3 Å². The standard InChI is InChI=1S/C27H37F2N.C2H3N/c1-4-25(30(20(2)3)19-22-8-6-5-7-9-22)16-12-21-10-13-23(14-11-21)24-15-17-26(28)27(29)18-24;1-2-3/h5-11,13-14,20,24-27H,4,12,15-19H2,1-3H3;1H3. The van der Waals surface area contributed by atoms with Crippen LogP contribution in [0.4, 0.5) is 8.78 Å². The predicted molar refractivity (Wildman–Crippen MR) is 134 cm³/mol. The van der Waals surface area contributed by atoms with E-state index in [1.165, 1.54) is 18.1 Å². The van der Waals surface area contributed by atoms with Gasteiger partial charge in [-0.1, -0.05) is 61.5 Å². The molecule has 0 spiro atoms. The van der Waals surface area contributed by atoms with Crippen LogP contribution >= 0.6 is 0 Å². The van der Waals surface area contributed by atoms with Crippen LogP contribution in [0.25, 0.3) is 0 Å². The van der Waals surface area contributed by atoms with E-state index in [9.17, 15) is 8.78 Å². The molecule has 4 atom stereocenters. The molecule has 0 radical (unpaired) electrons. The van der Waals surface area contributed by atoms with Crippen molar-refractivity contribution in [1.29, 1.82) is 5.26 Å². The average Bonchev–Trinajstić information content (AvgIpc) is 2.82. The maximum atomic E-state index is 13.8. The average molecular weight is 455 g/mol. The van der Waals surface area contributed by atoms with Crippen molar-refractivity contribution < 1.29 is 8.78 Å². The van der Waals surface area contributed by atoms with Gasteiger partial charge in [0, 0.05) is 25.6 Å². The van der Waals surface area contributed by atoms with Crippen LogP contribution in [0.15, 0.2) is 54.6 Å². The van der Waals surface area contributed by atoms with Gasteiger partial charge in [0.05, 0.1) is 6.07 Å². The summed E-state index contributed by atoms with van der Waals surface area (Å²) in [5.41, 5.74) is 3.85. The van der Waals surface area contributed by atoms with E-state index in [1.807, 2.05) is 0 Å². The lowest BCUT2D eigenvalue weighted by molar-refractivity contribution is 0.108. The van der Waals surface area contributed by atoms with Crippen LogP contribution in [0.3, 0.4) is 0 Å². The van der Waals surface area contributed by atoms with Crippen molar-refractivity contribution in [2.75, 3.05) is 0 Å². The van der Waals surface area contributed by atoms with E-state index < -0.39 is 12.3 Å². The minimum Gasteiger partial charge on any atom is -0.294 e. The molecule has 180 valence electrons. The number of nitriles is 1. The van der Waals surface area contributed by atoms with Crippen LogP contribution in [-0.4, -0.2) is 29.3 Å². The Morgan fingerprint density at radius 3 is 2.15 bits per heavy atom. The van der Waals surface area contributed by atoms with Gasteiger partial charge in [0.2, 0.25) is 0 Å². The number of halogens is 2. The molecular weight excluding hydrogens is 414 g/mol. The molecule has 2 aromatic carbocycles. The minimum atomic E-state index is -1.31. The molecule has 0 bridgehead atoms. The van der Waals surface area contributed by atoms with Crippen LogP contribution in [-0.2, 0) is 13.0 Å². The van der Waals surface area contributed by atoms with Gasteiger partial charge in [0.25, 0.3) is 0 Å². The zero-order chi connectivity index (χ0) is 24.2. The number of hydrogen-bond donors (Lipinski definition) is 0. The Morgan fingerprint density at radius 2 is 1.61 bits per heavy atom. The lowest BCUT2D eigenvalue weighted by Gasteiger charge is -2.35. The van der Waals surface area contributed by atoms with Gasteiger partial charge in [-0.05, 0) is 75.0 Å². The van der Waals surface area contributed by atoms with Crippen LogP contribution in [0.5, 0.6) is 0 Å². The first-order valence-electron chi connectivity index (χ1n) is 12.4. The van der Waals surface area contributed by atoms with Crippen molar-refractivity contribution >= 4 is 0 Å². The Morgan fingerprint density at radius 1 is 0.970 bits per heavy atom. The zero-order valence-corrected chi connectivity index (χ0v) is 20.7. The highest BCUT2D eigenvalue weighted by Gasteiger charge is 2.31. The predicted octanol–water partition coefficient (Wildman–Crippen LogP) is 7.78. The van der Waals surface area contributed by atoms with E-state index in [0.29, 0.717) is 24.9 Å². The molecule has 0 N–H and O–H groups in total. The van der Waals surface area contributed by atoms with Gasteiger partial charge in [0.1, 0.15) is 12.3 Å². The summed E-state index contributed by atoms with van der Waals surface area (Å²) in [5, 5.41) is 7.32. The molecule has 1 fully saturated rings. The number of alkyl halides is 2. The molecule has 0 amide bonds. The molecule has 0 heterocycles. The Labute approximate surface area is 199 Å². The fraction of sp³-hybridized carbons (Fsp3) is 0.552. The smallest absolute Gasteiger partial charge is 0.132 e. The summed E-state index contributed by atoms with van der Waals surface area (Å²) in [4.78, 5) is 2.61. The Bertz CT molecular complexity index is 829. The van der Waals surface area contributed by atoms with Crippen molar-refractivity contribution in [3.05, 3.63) is 71.3 Å². The Kier molecular flexibility index (Phi) is 11.5. The largest absolute Gasteiger partial charge is 0.294 e. The van der Waals surface area contributed by atoms with E-state index in [0.717, 1.165) is 37.8 Å². The highest BCUT2D eigenvalue weighted by Crippen LogP contribution is 2.36. The SMILES string of the molecule is CC#N.CCC(CCc1ccc(C2CCC(F)C(F)C2)cc1)N(Cc1ccccc1)C(C)C. The second-order valence-electron chi connectivity index (χ2n) is 9.36. The normalized spacial score (nSPS) is 21.2. The van der Waals surface area contributed by atoms with E-state index in [2.05, 4.69) is 80.3 Å². The third-order valence-electron chi connectivity index (χ3n) is 6.72. The van der Waals surface area contributed by atoms with Crippen molar-refractivity contribution in [1.82, 2.24) is 4.90 Å². The Hall–Kier alpha value is -2.25. The van der Waals surface area contributed by atoms with Gasteiger partial charge in [0.15, 0.2) is 0 Å². The zero-order valence-electron chi connectivity index (χ0n) is 20.7. The number of rotatable bonds is 9. The molecular formula is C29H40F2N2. The van der Waals surface area contributed by atoms with Gasteiger partial charge in [-0.2, -0.15) is 5.26 Å². The summed E-state index contributed by atoms with van der Waals surface area (Å²) in [5.74, 6) is 0.159. The van der Waals surface area contributed by atoms with Crippen molar-refractivity contribution in [2.45, 2.75) is 103 Å². The maximum Gasteiger partial charge on any atom is 0.132 e. The first-order chi connectivity index (χ1) is 15.9. The first-order valence-corrected chi connectivity index (χ1v) is 12.4. The minimum absolute atomic E-state index is 0.159. The molecule has 33 heavy (non-hydrogen) atoms. The van der Waals surface area contributed by atoms with Crippen LogP contribution < -0.4 is 0 Å². The molecule has 1 aliphatic carbocycles. The summed E-state index contributed by atoms with van der Waals surface area (Å²) in [6.07, 6.45) is 2.14. The Balaban J connectivity index is 0.00000122. The number of aryl methyl sites for hydroxylation is 1. The molecule has 4 heteroatoms. The van der Waals surface area contributed by atoms with Crippen LogP contribution in [0.2, 0.25) is 0 Å². The molecule has 0 aliphatic heterocycles. The highest BCUT2D eigenvalue weighted by atomic mass is 19.2. The number of nitrogens with zero attached hydrogens (tertiary/aromatic N) is 2. The lowest BCUT2D eigenvalue weighted by atomic mass is 9.82. The van der Waals surface area contributed by atoms with E-state index in [-0.39, 0.29) is 5.92 Å². The summed E-state index contributed by atoms with van der Waals surface area (Å²) >= 11 is 0. The first kappa shape index (κ1) is 27.0. The molecule has 2 aromatic rings. The fourth-order valence-electron chi connectivity index (χ4n) is 4.80. The molecule has 2 nitrogen and oxygen atoms in total. The topological polar surface area (TPSA) is 27.0 Å². The maximum absolute atomic E-state index is 13.8. The molecule has 4 unspecified atom stereocenters. The number of hydrogen-bond acceptors (Lipinski definition) is 2. The molecule has 0 aromatic heterocycles. The molecule has 3 rings (SSSR count). The third kappa shape index (κ3) is 8.55. The van der Waals surface area contributed by atoms with Crippen molar-refractivity contribution in [3.63, 3.8) is 0 Å². The fourth-order valence-corrected chi connectivity index (χ4v) is 4.80. The van der Waals surface area contributed by atoms with E-state index >= 15 is 0 Å². The second kappa shape index (κ2) is 14.1. The monoisotopic (exact) mass is 454 g/mol. The summed E-state index contributed by atoms with van der Waals surface area (Å²) in [6.45, 7) is 9.26. The van der Waals surface area contributed by atoms with Gasteiger partial charge in [-0.25, -0.2) is 8.78 Å². The summed E-state index contributed by atoms with van der Waals surface area (Å²) in [6, 6.07) is 22.1. The van der Waals surface area contributed by atoms with Gasteiger partial charge in [-0.3, -0.25) is 4.90 Å². The summed E-state index contributed by atoms with van der Waals surface area (Å²) < 4.78 is 27.2.